The molecule has 0 heteroatoms. The molecule has 2 atom stereocenters. The second kappa shape index (κ2) is 1.78. The van der Waals surface area contributed by atoms with Crippen LogP contribution in [0.25, 0.3) is 0 Å². The highest BCUT2D eigenvalue weighted by atomic mass is 14.6. The zero-order valence-corrected chi connectivity index (χ0v) is 6.55. The van der Waals surface area contributed by atoms with Gasteiger partial charge in [0.15, 0.2) is 0 Å². The van der Waals surface area contributed by atoms with E-state index in [-0.39, 0.29) is 0 Å². The van der Waals surface area contributed by atoms with E-state index < -0.39 is 0 Å². The van der Waals surface area contributed by atoms with Crippen LogP contribution in [0.1, 0.15) is 38.5 Å². The summed E-state index contributed by atoms with van der Waals surface area (Å²) in [6.07, 6.45) is 9.42. The first-order valence-electron chi connectivity index (χ1n) is 4.97. The Morgan fingerprint density at radius 2 is 1.30 bits per heavy atom. The minimum absolute atomic E-state index is 1.19. The molecule has 3 fully saturated rings. The molecule has 0 aromatic heterocycles. The summed E-state index contributed by atoms with van der Waals surface area (Å²) in [7, 11) is 0. The van der Waals surface area contributed by atoms with E-state index in [0.717, 1.165) is 0 Å². The van der Waals surface area contributed by atoms with Gasteiger partial charge in [-0.3, -0.25) is 0 Å². The van der Waals surface area contributed by atoms with Crippen LogP contribution in [0.5, 0.6) is 0 Å². The van der Waals surface area contributed by atoms with Gasteiger partial charge >= 0.3 is 0 Å². The molecule has 0 nitrogen and oxygen atoms in total. The van der Waals surface area contributed by atoms with Gasteiger partial charge in [-0.05, 0) is 36.5 Å². The highest BCUT2D eigenvalue weighted by molar-refractivity contribution is 5.07. The van der Waals surface area contributed by atoms with E-state index in [9.17, 15) is 0 Å². The SMILES string of the molecule is C1CCC(C2C3CCC32)C1. The first kappa shape index (κ1) is 5.62. The van der Waals surface area contributed by atoms with Crippen molar-refractivity contribution in [2.24, 2.45) is 23.7 Å². The minimum Gasteiger partial charge on any atom is -0.0530 e. The van der Waals surface area contributed by atoms with Crippen molar-refractivity contribution in [3.63, 3.8) is 0 Å². The lowest BCUT2D eigenvalue weighted by Gasteiger charge is -2.04. The maximum Gasteiger partial charge on any atom is -0.0323 e. The third-order valence-corrected chi connectivity index (χ3v) is 4.18. The second-order valence-corrected chi connectivity index (χ2v) is 4.53. The molecular formula is C10H16. The molecule has 0 aromatic rings. The Bertz CT molecular complexity index is 134. The molecular weight excluding hydrogens is 120 g/mol. The Morgan fingerprint density at radius 3 is 1.80 bits per heavy atom. The molecule has 0 aromatic carbocycles. The van der Waals surface area contributed by atoms with Crippen molar-refractivity contribution in [2.45, 2.75) is 38.5 Å². The molecule has 0 heterocycles. The van der Waals surface area contributed by atoms with Crippen LogP contribution in [-0.2, 0) is 0 Å². The second-order valence-electron chi connectivity index (χ2n) is 4.53. The first-order chi connectivity index (χ1) is 4.97. The van der Waals surface area contributed by atoms with Crippen LogP contribution in [0.3, 0.4) is 0 Å². The van der Waals surface area contributed by atoms with Crippen LogP contribution in [0, 0.1) is 23.7 Å². The Balaban J connectivity index is 1.67. The molecule has 0 radical (unpaired) electrons. The molecule has 0 saturated heterocycles. The van der Waals surface area contributed by atoms with E-state index in [0.29, 0.717) is 0 Å². The molecule has 10 heavy (non-hydrogen) atoms. The summed E-state index contributed by atoms with van der Waals surface area (Å²) in [5, 5.41) is 0. The molecule has 0 aliphatic heterocycles. The summed E-state index contributed by atoms with van der Waals surface area (Å²) in [6.45, 7) is 0. The average Bonchev–Trinajstić information content (AvgIpc) is 2.35. The largest absolute Gasteiger partial charge is 0.0530 e. The predicted octanol–water partition coefficient (Wildman–Crippen LogP) is 2.83. The quantitative estimate of drug-likeness (QED) is 0.520. The van der Waals surface area contributed by atoms with Gasteiger partial charge in [-0.2, -0.15) is 0 Å². The summed E-state index contributed by atoms with van der Waals surface area (Å²) < 4.78 is 0. The van der Waals surface area contributed by atoms with E-state index in [1.807, 2.05) is 0 Å². The van der Waals surface area contributed by atoms with Crippen LogP contribution >= 0.6 is 0 Å². The Kier molecular flexibility index (Phi) is 1.00. The average molecular weight is 136 g/mol. The van der Waals surface area contributed by atoms with Crippen LogP contribution < -0.4 is 0 Å². The lowest BCUT2D eigenvalue weighted by atomic mass is 10.0. The van der Waals surface area contributed by atoms with Gasteiger partial charge in [0.2, 0.25) is 0 Å². The molecule has 3 rings (SSSR count). The summed E-state index contributed by atoms with van der Waals surface area (Å²) in [4.78, 5) is 0. The monoisotopic (exact) mass is 136 g/mol. The molecule has 3 saturated carbocycles. The predicted molar refractivity (Wildman–Crippen MR) is 41.7 cm³/mol. The molecule has 2 unspecified atom stereocenters. The van der Waals surface area contributed by atoms with Crippen LogP contribution in [0.15, 0.2) is 0 Å². The van der Waals surface area contributed by atoms with Crippen molar-refractivity contribution >= 4 is 0 Å². The minimum atomic E-state index is 1.19. The summed E-state index contributed by atoms with van der Waals surface area (Å²) >= 11 is 0. The van der Waals surface area contributed by atoms with Crippen molar-refractivity contribution in [3.8, 4) is 0 Å². The smallest absolute Gasteiger partial charge is 0.0323 e. The molecule has 3 aliphatic carbocycles. The van der Waals surface area contributed by atoms with Gasteiger partial charge in [0.25, 0.3) is 0 Å². The number of hydrogen-bond acceptors (Lipinski definition) is 0. The van der Waals surface area contributed by atoms with Crippen molar-refractivity contribution in [3.05, 3.63) is 0 Å². The summed E-state index contributed by atoms with van der Waals surface area (Å²) in [6, 6.07) is 0. The van der Waals surface area contributed by atoms with Gasteiger partial charge in [-0.1, -0.05) is 25.7 Å². The fourth-order valence-electron chi connectivity index (χ4n) is 3.45. The number of rotatable bonds is 1. The maximum atomic E-state index is 1.59. The van der Waals surface area contributed by atoms with E-state index in [4.69, 9.17) is 0 Å². The standard InChI is InChI=1S/C10H16/c1-2-4-7(3-1)10-8-5-6-9(8)10/h7-10H,1-6H2. The van der Waals surface area contributed by atoms with Crippen LogP contribution in [0.2, 0.25) is 0 Å². The fraction of sp³-hybridized carbons (Fsp3) is 1.00. The lowest BCUT2D eigenvalue weighted by molar-refractivity contribution is 0.455. The highest BCUT2D eigenvalue weighted by Crippen LogP contribution is 2.66. The zero-order valence-electron chi connectivity index (χ0n) is 6.55. The maximum absolute atomic E-state index is 1.59. The van der Waals surface area contributed by atoms with Crippen molar-refractivity contribution < 1.29 is 0 Å². The van der Waals surface area contributed by atoms with E-state index in [1.54, 1.807) is 38.5 Å². The van der Waals surface area contributed by atoms with Gasteiger partial charge in [0, 0.05) is 0 Å². The highest BCUT2D eigenvalue weighted by Gasteiger charge is 2.58. The molecule has 0 amide bonds. The van der Waals surface area contributed by atoms with E-state index in [1.165, 1.54) is 23.7 Å². The van der Waals surface area contributed by atoms with E-state index >= 15 is 0 Å². The third-order valence-electron chi connectivity index (χ3n) is 4.18. The fourth-order valence-corrected chi connectivity index (χ4v) is 3.45. The Morgan fingerprint density at radius 1 is 0.700 bits per heavy atom. The van der Waals surface area contributed by atoms with E-state index in [2.05, 4.69) is 0 Å². The molecule has 0 N–H and O–H groups in total. The first-order valence-corrected chi connectivity index (χ1v) is 4.97. The molecule has 0 bridgehead atoms. The van der Waals surface area contributed by atoms with Crippen molar-refractivity contribution in [2.75, 3.05) is 0 Å². The van der Waals surface area contributed by atoms with Crippen molar-refractivity contribution in [1.82, 2.24) is 0 Å². The van der Waals surface area contributed by atoms with Crippen molar-refractivity contribution in [1.29, 1.82) is 0 Å². The number of hydrogen-bond donors (Lipinski definition) is 0. The summed E-state index contributed by atoms with van der Waals surface area (Å²) in [5.41, 5.74) is 0. The van der Waals surface area contributed by atoms with Crippen LogP contribution in [-0.4, -0.2) is 0 Å². The van der Waals surface area contributed by atoms with Crippen LogP contribution in [0.4, 0.5) is 0 Å². The Labute approximate surface area is 63.0 Å². The van der Waals surface area contributed by atoms with Gasteiger partial charge in [-0.25, -0.2) is 0 Å². The Hall–Kier alpha value is 0. The topological polar surface area (TPSA) is 0 Å². The molecule has 0 spiro atoms. The zero-order chi connectivity index (χ0) is 6.55. The van der Waals surface area contributed by atoms with Gasteiger partial charge in [0.1, 0.15) is 0 Å². The van der Waals surface area contributed by atoms with Gasteiger partial charge in [0.05, 0.1) is 0 Å². The van der Waals surface area contributed by atoms with Gasteiger partial charge < -0.3 is 0 Å². The lowest BCUT2D eigenvalue weighted by Crippen LogP contribution is -1.96. The molecule has 56 valence electrons. The summed E-state index contributed by atoms with van der Waals surface area (Å²) in [5.74, 6) is 4.91. The van der Waals surface area contributed by atoms with Gasteiger partial charge in [-0.15, -0.1) is 0 Å². The normalized spacial score (nSPS) is 52.2. The third kappa shape index (κ3) is 0.580. The molecule has 3 aliphatic rings. The number of fused-ring (bicyclic) bond motifs is 1.